The van der Waals surface area contributed by atoms with Crippen molar-refractivity contribution in [1.82, 2.24) is 9.88 Å². The molecule has 2 N–H and O–H groups in total. The predicted molar refractivity (Wildman–Crippen MR) is 126 cm³/mol. The Morgan fingerprint density at radius 1 is 1.08 bits per heavy atom. The van der Waals surface area contributed by atoms with Crippen LogP contribution >= 0.6 is 11.3 Å². The van der Waals surface area contributed by atoms with Crippen molar-refractivity contribution >= 4 is 34.7 Å². The van der Waals surface area contributed by atoms with E-state index < -0.39 is 24.1 Å². The lowest BCUT2D eigenvalue weighted by molar-refractivity contribution is -0.274. The number of hydrogen-bond donors (Lipinski definition) is 2. The Labute approximate surface area is 207 Å². The molecular formula is C23H21F3N4O5S. The van der Waals surface area contributed by atoms with Gasteiger partial charge in [0.2, 0.25) is 5.91 Å². The summed E-state index contributed by atoms with van der Waals surface area (Å²) in [7, 11) is 0. The Kier molecular flexibility index (Phi) is 8.03. The van der Waals surface area contributed by atoms with Gasteiger partial charge in [0.1, 0.15) is 0 Å². The van der Waals surface area contributed by atoms with E-state index in [1.165, 1.54) is 6.07 Å². The summed E-state index contributed by atoms with van der Waals surface area (Å²) in [6.45, 7) is 1.93. The lowest BCUT2D eigenvalue weighted by Crippen LogP contribution is -2.41. The largest absolute Gasteiger partial charge is 0.573 e. The average Bonchev–Trinajstić information content (AvgIpc) is 3.29. The van der Waals surface area contributed by atoms with E-state index in [4.69, 9.17) is 9.47 Å². The molecular weight excluding hydrogens is 501 g/mol. The number of hydrogen-bond acceptors (Lipinski definition) is 8. The Morgan fingerprint density at radius 3 is 2.56 bits per heavy atom. The molecule has 0 saturated carbocycles. The number of alkyl halides is 3. The maximum atomic E-state index is 12.9. The summed E-state index contributed by atoms with van der Waals surface area (Å²) >= 11 is 1.15. The van der Waals surface area contributed by atoms with Gasteiger partial charge in [-0.2, -0.15) is 0 Å². The first-order valence-electron chi connectivity index (χ1n) is 10.7. The molecule has 3 aromatic rings. The molecule has 1 saturated heterocycles. The zero-order valence-corrected chi connectivity index (χ0v) is 19.5. The second-order valence-corrected chi connectivity index (χ2v) is 8.56. The highest BCUT2D eigenvalue weighted by molar-refractivity contribution is 7.16. The molecule has 4 rings (SSSR count). The number of morpholine rings is 1. The second kappa shape index (κ2) is 11.4. The molecule has 0 radical (unpaired) electrons. The minimum absolute atomic E-state index is 0.0394. The van der Waals surface area contributed by atoms with Crippen LogP contribution in [0.25, 0.3) is 10.4 Å². The highest BCUT2D eigenvalue weighted by Crippen LogP contribution is 2.33. The van der Waals surface area contributed by atoms with Crippen LogP contribution in [-0.4, -0.2) is 61.1 Å². The molecule has 0 aliphatic carbocycles. The quantitative estimate of drug-likeness (QED) is 0.468. The first-order chi connectivity index (χ1) is 17.2. The lowest BCUT2D eigenvalue weighted by Gasteiger charge is -2.26. The molecule has 13 heteroatoms. The number of anilines is 2. The van der Waals surface area contributed by atoms with Crippen LogP contribution in [0.15, 0.2) is 54.7 Å². The van der Waals surface area contributed by atoms with Crippen LogP contribution in [-0.2, 0) is 9.53 Å². The van der Waals surface area contributed by atoms with Crippen molar-refractivity contribution in [3.8, 4) is 21.4 Å². The van der Waals surface area contributed by atoms with Gasteiger partial charge in [0.25, 0.3) is 5.19 Å². The van der Waals surface area contributed by atoms with Gasteiger partial charge in [0.05, 0.1) is 30.3 Å². The minimum Gasteiger partial charge on any atom is -0.404 e. The van der Waals surface area contributed by atoms with Gasteiger partial charge in [-0.1, -0.05) is 41.7 Å². The predicted octanol–water partition coefficient (Wildman–Crippen LogP) is 4.59. The van der Waals surface area contributed by atoms with Crippen molar-refractivity contribution in [3.05, 3.63) is 54.7 Å². The van der Waals surface area contributed by atoms with Crippen LogP contribution in [0.1, 0.15) is 0 Å². The van der Waals surface area contributed by atoms with E-state index in [1.807, 2.05) is 30.3 Å². The Bertz CT molecular complexity index is 1200. The number of nitrogens with one attached hydrogen (secondary N) is 2. The number of amides is 2. The summed E-state index contributed by atoms with van der Waals surface area (Å²) in [5, 5.41) is 4.92. The van der Waals surface area contributed by atoms with E-state index in [9.17, 15) is 22.8 Å². The summed E-state index contributed by atoms with van der Waals surface area (Å²) in [4.78, 5) is 31.5. The molecule has 1 aromatic heterocycles. The van der Waals surface area contributed by atoms with Gasteiger partial charge in [-0.15, -0.1) is 13.2 Å². The Balaban J connectivity index is 1.43. The molecule has 2 aromatic carbocycles. The van der Waals surface area contributed by atoms with Gasteiger partial charge in [0.15, 0.2) is 5.75 Å². The maximum absolute atomic E-state index is 12.9. The van der Waals surface area contributed by atoms with Crippen LogP contribution in [0, 0.1) is 0 Å². The number of nitrogens with zero attached hydrogens (tertiary/aromatic N) is 2. The normalized spacial score (nSPS) is 14.2. The van der Waals surface area contributed by atoms with Gasteiger partial charge in [-0.3, -0.25) is 15.0 Å². The van der Waals surface area contributed by atoms with E-state index in [-0.39, 0.29) is 23.1 Å². The summed E-state index contributed by atoms with van der Waals surface area (Å²) in [5.41, 5.74) is 0.725. The molecule has 0 bridgehead atoms. The van der Waals surface area contributed by atoms with E-state index in [1.54, 1.807) is 11.1 Å². The molecule has 0 atom stereocenters. The topological polar surface area (TPSA) is 102 Å². The van der Waals surface area contributed by atoms with Crippen LogP contribution in [0.4, 0.5) is 29.3 Å². The van der Waals surface area contributed by atoms with Gasteiger partial charge in [0, 0.05) is 25.0 Å². The summed E-state index contributed by atoms with van der Waals surface area (Å²) in [6.07, 6.45) is -4.31. The number of thiazole rings is 1. The number of carbonyl (C=O) groups is 2. The molecule has 0 unspecified atom stereocenters. The van der Waals surface area contributed by atoms with Gasteiger partial charge in [-0.05, 0) is 23.8 Å². The third kappa shape index (κ3) is 7.41. The highest BCUT2D eigenvalue weighted by atomic mass is 32.1. The zero-order chi connectivity index (χ0) is 25.5. The molecule has 36 heavy (non-hydrogen) atoms. The highest BCUT2D eigenvalue weighted by Gasteiger charge is 2.32. The number of benzene rings is 2. The molecule has 9 nitrogen and oxygen atoms in total. The van der Waals surface area contributed by atoms with E-state index in [0.29, 0.717) is 26.3 Å². The van der Waals surface area contributed by atoms with Crippen molar-refractivity contribution in [2.75, 3.05) is 43.5 Å². The summed E-state index contributed by atoms with van der Waals surface area (Å²) < 4.78 is 53.0. The summed E-state index contributed by atoms with van der Waals surface area (Å²) in [6, 6.07) is 12.7. The summed E-state index contributed by atoms with van der Waals surface area (Å²) in [5.74, 6) is -1.16. The van der Waals surface area contributed by atoms with Gasteiger partial charge >= 0.3 is 12.5 Å². The molecule has 1 fully saturated rings. The number of halogens is 3. The van der Waals surface area contributed by atoms with Gasteiger partial charge < -0.3 is 19.5 Å². The molecule has 190 valence electrons. The van der Waals surface area contributed by atoms with Crippen molar-refractivity contribution in [2.45, 2.75) is 6.36 Å². The van der Waals surface area contributed by atoms with Crippen molar-refractivity contribution in [1.29, 1.82) is 0 Å². The standard InChI is InChI=1S/C23H21F3N4O5S/c24-23(25,26)35-18-7-6-16(12-17(18)29-20(31)14-30-8-10-33-11-9-30)28-21(32)34-22-27-13-19(36-22)15-4-2-1-3-5-15/h1-7,12-13H,8-11,14H2,(H,28,32)(H,29,31). The first-order valence-corrected chi connectivity index (χ1v) is 11.6. The third-order valence-corrected chi connectivity index (χ3v) is 5.84. The number of ether oxygens (including phenoxy) is 3. The zero-order valence-electron chi connectivity index (χ0n) is 18.7. The van der Waals surface area contributed by atoms with Gasteiger partial charge in [-0.25, -0.2) is 9.78 Å². The van der Waals surface area contributed by atoms with Crippen LogP contribution in [0.2, 0.25) is 0 Å². The van der Waals surface area contributed by atoms with E-state index in [0.717, 1.165) is 33.9 Å². The minimum atomic E-state index is -4.97. The first kappa shape index (κ1) is 25.4. The fraction of sp³-hybridized carbons (Fsp3) is 0.261. The fourth-order valence-corrected chi connectivity index (χ4v) is 4.11. The molecule has 1 aliphatic heterocycles. The van der Waals surface area contributed by atoms with Crippen molar-refractivity contribution in [3.63, 3.8) is 0 Å². The SMILES string of the molecule is O=C(CN1CCOCC1)Nc1cc(NC(=O)Oc2ncc(-c3ccccc3)s2)ccc1OC(F)(F)F. The Hall–Kier alpha value is -3.68. The monoisotopic (exact) mass is 522 g/mol. The van der Waals surface area contributed by atoms with Crippen LogP contribution < -0.4 is 20.1 Å². The molecule has 2 heterocycles. The molecule has 2 amide bonds. The fourth-order valence-electron chi connectivity index (χ4n) is 3.34. The van der Waals surface area contributed by atoms with Crippen LogP contribution in [0.3, 0.4) is 0 Å². The number of rotatable bonds is 7. The van der Waals surface area contributed by atoms with E-state index in [2.05, 4.69) is 20.4 Å². The molecule has 1 aliphatic rings. The van der Waals surface area contributed by atoms with Crippen LogP contribution in [0.5, 0.6) is 10.9 Å². The van der Waals surface area contributed by atoms with Crippen molar-refractivity contribution in [2.24, 2.45) is 0 Å². The number of aromatic nitrogens is 1. The average molecular weight is 523 g/mol. The maximum Gasteiger partial charge on any atom is 0.573 e. The lowest BCUT2D eigenvalue weighted by atomic mass is 10.2. The molecule has 0 spiro atoms. The smallest absolute Gasteiger partial charge is 0.404 e. The van der Waals surface area contributed by atoms with Crippen molar-refractivity contribution < 1.29 is 37.0 Å². The second-order valence-electron chi connectivity index (χ2n) is 7.57. The van der Waals surface area contributed by atoms with E-state index >= 15 is 0 Å². The third-order valence-electron chi connectivity index (χ3n) is 4.92. The number of carbonyl (C=O) groups excluding carboxylic acids is 2. The Morgan fingerprint density at radius 2 is 1.83 bits per heavy atom.